The molecule has 168 valence electrons. The van der Waals surface area contributed by atoms with Crippen molar-refractivity contribution in [2.75, 3.05) is 13.7 Å². The maximum atomic E-state index is 10.2. The van der Waals surface area contributed by atoms with Crippen molar-refractivity contribution in [2.24, 2.45) is 0 Å². The molecule has 5 heteroatoms. The minimum absolute atomic E-state index is 0.0628. The Balaban J connectivity index is 1.43. The lowest BCUT2D eigenvalue weighted by Crippen LogP contribution is -2.33. The second-order valence-electron chi connectivity index (χ2n) is 8.92. The van der Waals surface area contributed by atoms with Gasteiger partial charge < -0.3 is 24.4 Å². The lowest BCUT2D eigenvalue weighted by atomic mass is 9.92. The van der Waals surface area contributed by atoms with Gasteiger partial charge in [0.05, 0.1) is 31.0 Å². The molecule has 0 aromatic heterocycles. The van der Waals surface area contributed by atoms with Crippen LogP contribution in [0.4, 0.5) is 0 Å². The zero-order chi connectivity index (χ0) is 21.8. The van der Waals surface area contributed by atoms with Crippen molar-refractivity contribution in [3.63, 3.8) is 0 Å². The average molecular weight is 427 g/mol. The van der Waals surface area contributed by atoms with Gasteiger partial charge in [-0.2, -0.15) is 0 Å². The molecular formula is C26H34O5. The highest BCUT2D eigenvalue weighted by Gasteiger charge is 2.30. The van der Waals surface area contributed by atoms with Crippen molar-refractivity contribution in [2.45, 2.75) is 76.0 Å². The van der Waals surface area contributed by atoms with Gasteiger partial charge in [-0.1, -0.05) is 30.3 Å². The first-order valence-electron chi connectivity index (χ1n) is 11.4. The van der Waals surface area contributed by atoms with E-state index in [1.165, 1.54) is 16.7 Å². The van der Waals surface area contributed by atoms with Crippen molar-refractivity contribution in [1.82, 2.24) is 0 Å². The molecule has 4 rings (SSSR count). The van der Waals surface area contributed by atoms with E-state index in [0.29, 0.717) is 12.8 Å². The third-order valence-corrected chi connectivity index (χ3v) is 6.63. The van der Waals surface area contributed by atoms with Crippen LogP contribution in [0.2, 0.25) is 0 Å². The van der Waals surface area contributed by atoms with Crippen LogP contribution in [0.15, 0.2) is 42.5 Å². The first-order valence-corrected chi connectivity index (χ1v) is 11.4. The van der Waals surface area contributed by atoms with Crippen molar-refractivity contribution in [3.8, 4) is 5.75 Å². The summed E-state index contributed by atoms with van der Waals surface area (Å²) in [5.41, 5.74) is 4.75. The Morgan fingerprint density at radius 3 is 2.55 bits per heavy atom. The summed E-state index contributed by atoms with van der Waals surface area (Å²) in [7, 11) is 1.76. The molecule has 0 radical (unpaired) electrons. The first kappa shape index (κ1) is 22.3. The van der Waals surface area contributed by atoms with Crippen LogP contribution in [-0.4, -0.2) is 48.3 Å². The van der Waals surface area contributed by atoms with Crippen LogP contribution in [0.25, 0.3) is 0 Å². The van der Waals surface area contributed by atoms with E-state index in [9.17, 15) is 10.2 Å². The molecule has 2 unspecified atom stereocenters. The van der Waals surface area contributed by atoms with Crippen LogP contribution >= 0.6 is 0 Å². The van der Waals surface area contributed by atoms with Crippen LogP contribution in [-0.2, 0) is 15.9 Å². The van der Waals surface area contributed by atoms with Gasteiger partial charge in [0.1, 0.15) is 11.9 Å². The summed E-state index contributed by atoms with van der Waals surface area (Å²) in [6.07, 6.45) is 4.54. The maximum absolute atomic E-state index is 10.2. The van der Waals surface area contributed by atoms with Crippen molar-refractivity contribution < 1.29 is 24.4 Å². The van der Waals surface area contributed by atoms with E-state index < -0.39 is 6.10 Å². The lowest BCUT2D eigenvalue weighted by Gasteiger charge is -2.32. The van der Waals surface area contributed by atoms with Crippen molar-refractivity contribution in [1.29, 1.82) is 0 Å². The van der Waals surface area contributed by atoms with Crippen LogP contribution in [0.3, 0.4) is 0 Å². The Morgan fingerprint density at radius 1 is 1.03 bits per heavy atom. The summed E-state index contributed by atoms with van der Waals surface area (Å²) < 4.78 is 17.7. The number of aliphatic hydroxyl groups excluding tert-OH is 2. The Morgan fingerprint density at radius 2 is 1.81 bits per heavy atom. The predicted molar refractivity (Wildman–Crippen MR) is 119 cm³/mol. The number of benzene rings is 2. The lowest BCUT2D eigenvalue weighted by molar-refractivity contribution is -0.113. The number of ether oxygens (including phenoxy) is 3. The fourth-order valence-electron chi connectivity index (χ4n) is 4.78. The minimum Gasteiger partial charge on any atom is -0.488 e. The summed E-state index contributed by atoms with van der Waals surface area (Å²) in [5, 5.41) is 19.6. The molecule has 1 heterocycles. The van der Waals surface area contributed by atoms with Gasteiger partial charge in [0, 0.05) is 20.0 Å². The van der Waals surface area contributed by atoms with E-state index >= 15 is 0 Å². The molecule has 1 saturated carbocycles. The number of aryl methyl sites for hydroxylation is 1. The third kappa shape index (κ3) is 5.47. The number of hydrogen-bond acceptors (Lipinski definition) is 5. The maximum Gasteiger partial charge on any atom is 0.125 e. The van der Waals surface area contributed by atoms with Gasteiger partial charge in [-0.15, -0.1) is 0 Å². The molecule has 2 aromatic rings. The van der Waals surface area contributed by atoms with E-state index in [-0.39, 0.29) is 31.0 Å². The fourth-order valence-corrected chi connectivity index (χ4v) is 4.78. The summed E-state index contributed by atoms with van der Waals surface area (Å²) in [5.74, 6) is 0.891. The van der Waals surface area contributed by atoms with E-state index in [4.69, 9.17) is 14.2 Å². The topological polar surface area (TPSA) is 68.2 Å². The second kappa shape index (κ2) is 10.1. The van der Waals surface area contributed by atoms with Crippen molar-refractivity contribution in [3.05, 3.63) is 64.7 Å². The van der Waals surface area contributed by atoms with Crippen molar-refractivity contribution >= 4 is 0 Å². The molecule has 0 spiro atoms. The molecule has 1 aliphatic heterocycles. The molecule has 2 N–H and O–H groups in total. The van der Waals surface area contributed by atoms with Gasteiger partial charge in [-0.05, 0) is 67.0 Å². The Labute approximate surface area is 185 Å². The minimum atomic E-state index is -0.439. The standard InChI is InChI=1S/C26H34O5/c1-17-6-9-19(26-15-21(28)14-23(16-27)31-26)13-20(17)12-18-7-10-22(11-8-18)30-25-5-3-4-24(25)29-2/h6-11,13,21,23-28H,3-5,12,14-16H2,1-2H3/t21-,23-,24?,25?,26+/m0/s1. The molecule has 5 atom stereocenters. The highest BCUT2D eigenvalue weighted by atomic mass is 16.5. The Kier molecular flexibility index (Phi) is 7.28. The highest BCUT2D eigenvalue weighted by molar-refractivity contribution is 5.38. The number of hydrogen-bond donors (Lipinski definition) is 2. The summed E-state index contributed by atoms with van der Waals surface area (Å²) >= 11 is 0. The molecular weight excluding hydrogens is 392 g/mol. The second-order valence-corrected chi connectivity index (χ2v) is 8.92. The van der Waals surface area contributed by atoms with Crippen LogP contribution in [0.1, 0.15) is 60.5 Å². The first-order chi connectivity index (χ1) is 15.1. The van der Waals surface area contributed by atoms with E-state index in [2.05, 4.69) is 37.3 Å². The molecule has 0 bridgehead atoms. The zero-order valence-corrected chi connectivity index (χ0v) is 18.5. The van der Waals surface area contributed by atoms with Gasteiger partial charge in [0.25, 0.3) is 0 Å². The SMILES string of the molecule is COC1CCCC1Oc1ccc(Cc2cc([C@H]3C[C@@H](O)C[C@@H](CO)O3)ccc2C)cc1. The normalized spacial score (nSPS) is 28.6. The summed E-state index contributed by atoms with van der Waals surface area (Å²) in [6, 6.07) is 14.7. The number of rotatable bonds is 7. The van der Waals surface area contributed by atoms with Gasteiger partial charge >= 0.3 is 0 Å². The fraction of sp³-hybridized carbons (Fsp3) is 0.538. The largest absolute Gasteiger partial charge is 0.488 e. The molecule has 1 aliphatic carbocycles. The number of methoxy groups -OCH3 is 1. The zero-order valence-electron chi connectivity index (χ0n) is 18.5. The monoisotopic (exact) mass is 426 g/mol. The van der Waals surface area contributed by atoms with Crippen LogP contribution < -0.4 is 4.74 Å². The third-order valence-electron chi connectivity index (χ3n) is 6.63. The Hall–Kier alpha value is -1.92. The van der Waals surface area contributed by atoms with Crippen LogP contribution in [0, 0.1) is 6.92 Å². The van der Waals surface area contributed by atoms with E-state index in [0.717, 1.165) is 37.0 Å². The van der Waals surface area contributed by atoms with Gasteiger partial charge in [0.15, 0.2) is 0 Å². The van der Waals surface area contributed by atoms with Crippen LogP contribution in [0.5, 0.6) is 5.75 Å². The molecule has 5 nitrogen and oxygen atoms in total. The van der Waals surface area contributed by atoms with Gasteiger partial charge in [-0.25, -0.2) is 0 Å². The van der Waals surface area contributed by atoms with E-state index in [1.807, 2.05) is 12.1 Å². The molecule has 31 heavy (non-hydrogen) atoms. The molecule has 1 saturated heterocycles. The molecule has 0 amide bonds. The molecule has 2 aromatic carbocycles. The summed E-state index contributed by atoms with van der Waals surface area (Å²) in [4.78, 5) is 0. The smallest absolute Gasteiger partial charge is 0.125 e. The summed E-state index contributed by atoms with van der Waals surface area (Å²) in [6.45, 7) is 2.06. The average Bonchev–Trinajstić information content (AvgIpc) is 3.23. The van der Waals surface area contributed by atoms with E-state index in [1.54, 1.807) is 7.11 Å². The quantitative estimate of drug-likeness (QED) is 0.698. The predicted octanol–water partition coefficient (Wildman–Crippen LogP) is 4.11. The van der Waals surface area contributed by atoms with Gasteiger partial charge in [0.2, 0.25) is 0 Å². The molecule has 2 fully saturated rings. The Bertz CT molecular complexity index is 849. The highest BCUT2D eigenvalue weighted by Crippen LogP contribution is 2.33. The number of aliphatic hydroxyl groups is 2. The van der Waals surface area contributed by atoms with Gasteiger partial charge in [-0.3, -0.25) is 0 Å². The molecule has 2 aliphatic rings.